The predicted octanol–water partition coefficient (Wildman–Crippen LogP) is 5.01. The Morgan fingerprint density at radius 2 is 1.95 bits per heavy atom. The molecule has 3 rings (SSSR count). The molecule has 1 aliphatic rings. The lowest BCUT2D eigenvalue weighted by Crippen LogP contribution is -2.22. The summed E-state index contributed by atoms with van der Waals surface area (Å²) in [4.78, 5) is 13.6. The average Bonchev–Trinajstić information content (AvgIpc) is 2.78. The highest BCUT2D eigenvalue weighted by Gasteiger charge is 2.32. The summed E-state index contributed by atoms with van der Waals surface area (Å²) in [5.41, 5.74) is 3.14. The second-order valence-corrected chi connectivity index (χ2v) is 6.83. The lowest BCUT2D eigenvalue weighted by Gasteiger charge is -2.20. The minimum atomic E-state index is -0.295. The van der Waals surface area contributed by atoms with E-state index in [1.165, 1.54) is 0 Å². The van der Waals surface area contributed by atoms with Crippen molar-refractivity contribution in [2.45, 2.75) is 19.1 Å². The Morgan fingerprint density at radius 3 is 2.62 bits per heavy atom. The van der Waals surface area contributed by atoms with Crippen LogP contribution in [0, 0.1) is 0 Å². The predicted molar refractivity (Wildman–Crippen MR) is 88.7 cm³/mol. The van der Waals surface area contributed by atoms with Crippen LogP contribution in [0.1, 0.15) is 22.7 Å². The summed E-state index contributed by atoms with van der Waals surface area (Å²) in [5, 5.41) is 1.34. The zero-order valence-corrected chi connectivity index (χ0v) is 14.1. The second kappa shape index (κ2) is 6.09. The Hall–Kier alpha value is -0.870. The molecule has 1 heterocycles. The minimum absolute atomic E-state index is 0.295. The van der Waals surface area contributed by atoms with E-state index in [2.05, 4.69) is 20.8 Å². The van der Waals surface area contributed by atoms with Crippen molar-refractivity contribution >= 4 is 45.4 Å². The fourth-order valence-corrected chi connectivity index (χ4v) is 3.85. The number of rotatable bonds is 3. The molecular formula is C16H12BrCl2NO. The third-order valence-corrected chi connectivity index (χ3v) is 4.69. The number of nitrogens with zero attached hydrogens (tertiary/aromatic N) is 1. The van der Waals surface area contributed by atoms with E-state index in [4.69, 9.17) is 23.2 Å². The normalized spacial score (nSPS) is 17.8. The SMILES string of the molecule is O=CC1c2c(Cl)cc(Br)cc2CN1Cc1ccc(Cl)cc1. The monoisotopic (exact) mass is 383 g/mol. The molecule has 0 saturated heterocycles. The molecule has 1 aliphatic heterocycles. The Kier molecular flexibility index (Phi) is 4.36. The Morgan fingerprint density at radius 1 is 1.24 bits per heavy atom. The smallest absolute Gasteiger partial charge is 0.141 e. The van der Waals surface area contributed by atoms with Crippen LogP contribution < -0.4 is 0 Å². The molecule has 1 unspecified atom stereocenters. The topological polar surface area (TPSA) is 20.3 Å². The molecule has 0 N–H and O–H groups in total. The summed E-state index contributed by atoms with van der Waals surface area (Å²) in [5.74, 6) is 0. The first-order chi connectivity index (χ1) is 10.1. The van der Waals surface area contributed by atoms with E-state index in [0.717, 1.165) is 27.4 Å². The molecular weight excluding hydrogens is 373 g/mol. The molecule has 5 heteroatoms. The molecule has 1 atom stereocenters. The van der Waals surface area contributed by atoms with E-state index >= 15 is 0 Å². The van der Waals surface area contributed by atoms with Crippen molar-refractivity contribution in [2.24, 2.45) is 0 Å². The number of fused-ring (bicyclic) bond motifs is 1. The molecule has 0 fully saturated rings. The fourth-order valence-electron chi connectivity index (χ4n) is 2.73. The van der Waals surface area contributed by atoms with Gasteiger partial charge in [-0.2, -0.15) is 0 Å². The second-order valence-electron chi connectivity index (χ2n) is 5.07. The number of carbonyl (C=O) groups is 1. The van der Waals surface area contributed by atoms with Crippen LogP contribution in [-0.2, 0) is 17.9 Å². The van der Waals surface area contributed by atoms with E-state index in [1.54, 1.807) is 0 Å². The number of aldehydes is 1. The van der Waals surface area contributed by atoms with Gasteiger partial charge in [0.25, 0.3) is 0 Å². The average molecular weight is 385 g/mol. The van der Waals surface area contributed by atoms with E-state index < -0.39 is 0 Å². The Bertz CT molecular complexity index is 687. The molecule has 0 aromatic heterocycles. The molecule has 0 spiro atoms. The van der Waals surface area contributed by atoms with Gasteiger partial charge in [0.2, 0.25) is 0 Å². The summed E-state index contributed by atoms with van der Waals surface area (Å²) < 4.78 is 0.934. The van der Waals surface area contributed by atoms with Crippen molar-refractivity contribution in [3.8, 4) is 0 Å². The Labute approximate surface area is 141 Å². The van der Waals surface area contributed by atoms with Gasteiger partial charge < -0.3 is 4.79 Å². The highest BCUT2D eigenvalue weighted by Crippen LogP contribution is 2.39. The van der Waals surface area contributed by atoms with Gasteiger partial charge in [-0.05, 0) is 41.0 Å². The largest absolute Gasteiger partial charge is 0.301 e. The van der Waals surface area contributed by atoms with Crippen molar-refractivity contribution < 1.29 is 4.79 Å². The summed E-state index contributed by atoms with van der Waals surface area (Å²) >= 11 is 15.7. The van der Waals surface area contributed by atoms with Gasteiger partial charge in [-0.15, -0.1) is 0 Å². The molecule has 0 amide bonds. The molecule has 0 bridgehead atoms. The maximum atomic E-state index is 11.5. The number of halogens is 3. The van der Waals surface area contributed by atoms with E-state index in [-0.39, 0.29) is 6.04 Å². The summed E-state index contributed by atoms with van der Waals surface area (Å²) in [6.07, 6.45) is 0.960. The van der Waals surface area contributed by atoms with Crippen LogP contribution in [-0.4, -0.2) is 11.2 Å². The molecule has 0 saturated carbocycles. The first-order valence-corrected chi connectivity index (χ1v) is 8.05. The van der Waals surface area contributed by atoms with Gasteiger partial charge in [0.15, 0.2) is 0 Å². The van der Waals surface area contributed by atoms with Gasteiger partial charge in [0, 0.05) is 27.6 Å². The van der Waals surface area contributed by atoms with Crippen molar-refractivity contribution in [3.05, 3.63) is 67.6 Å². The summed E-state index contributed by atoms with van der Waals surface area (Å²) in [6.45, 7) is 1.39. The van der Waals surface area contributed by atoms with Gasteiger partial charge in [-0.3, -0.25) is 4.90 Å². The highest BCUT2D eigenvalue weighted by molar-refractivity contribution is 9.10. The van der Waals surface area contributed by atoms with Gasteiger partial charge in [0.1, 0.15) is 6.29 Å². The zero-order valence-electron chi connectivity index (χ0n) is 11.0. The van der Waals surface area contributed by atoms with E-state index in [9.17, 15) is 4.79 Å². The quantitative estimate of drug-likeness (QED) is 0.693. The third-order valence-electron chi connectivity index (χ3n) is 3.67. The maximum Gasteiger partial charge on any atom is 0.141 e. The van der Waals surface area contributed by atoms with Gasteiger partial charge in [0.05, 0.1) is 6.04 Å². The van der Waals surface area contributed by atoms with Gasteiger partial charge in [-0.1, -0.05) is 51.3 Å². The molecule has 21 heavy (non-hydrogen) atoms. The lowest BCUT2D eigenvalue weighted by atomic mass is 10.1. The number of hydrogen-bond donors (Lipinski definition) is 0. The van der Waals surface area contributed by atoms with Crippen molar-refractivity contribution in [2.75, 3.05) is 0 Å². The first kappa shape index (κ1) is 15.0. The molecule has 0 radical (unpaired) electrons. The van der Waals surface area contributed by atoms with Crippen LogP contribution >= 0.6 is 39.1 Å². The number of benzene rings is 2. The van der Waals surface area contributed by atoms with Gasteiger partial charge >= 0.3 is 0 Å². The molecule has 2 aromatic rings. The summed E-state index contributed by atoms with van der Waals surface area (Å²) in [6, 6.07) is 11.2. The standard InChI is InChI=1S/C16H12BrCl2NO/c17-12-5-11-8-20(7-10-1-3-13(18)4-2-10)15(9-21)16(11)14(19)6-12/h1-6,9,15H,7-8H2. The number of carbonyl (C=O) groups excluding carboxylic acids is 1. The lowest BCUT2D eigenvalue weighted by molar-refractivity contribution is -0.112. The van der Waals surface area contributed by atoms with Crippen LogP contribution in [0.2, 0.25) is 10.0 Å². The molecule has 108 valence electrons. The molecule has 2 aromatic carbocycles. The van der Waals surface area contributed by atoms with Gasteiger partial charge in [-0.25, -0.2) is 0 Å². The molecule has 2 nitrogen and oxygen atoms in total. The summed E-state index contributed by atoms with van der Waals surface area (Å²) in [7, 11) is 0. The fraction of sp³-hybridized carbons (Fsp3) is 0.188. The van der Waals surface area contributed by atoms with Crippen molar-refractivity contribution in [1.82, 2.24) is 4.90 Å². The van der Waals surface area contributed by atoms with Crippen molar-refractivity contribution in [1.29, 1.82) is 0 Å². The highest BCUT2D eigenvalue weighted by atomic mass is 79.9. The maximum absolute atomic E-state index is 11.5. The molecule has 0 aliphatic carbocycles. The van der Waals surface area contributed by atoms with Crippen LogP contribution in [0.25, 0.3) is 0 Å². The number of hydrogen-bond acceptors (Lipinski definition) is 2. The van der Waals surface area contributed by atoms with Crippen LogP contribution in [0.4, 0.5) is 0 Å². The van der Waals surface area contributed by atoms with Crippen LogP contribution in [0.3, 0.4) is 0 Å². The van der Waals surface area contributed by atoms with Crippen molar-refractivity contribution in [3.63, 3.8) is 0 Å². The van der Waals surface area contributed by atoms with E-state index in [1.807, 2.05) is 36.4 Å². The Balaban J connectivity index is 1.90. The van der Waals surface area contributed by atoms with E-state index in [0.29, 0.717) is 23.1 Å². The van der Waals surface area contributed by atoms with Crippen LogP contribution in [0.5, 0.6) is 0 Å². The minimum Gasteiger partial charge on any atom is -0.301 e. The zero-order chi connectivity index (χ0) is 15.0. The third kappa shape index (κ3) is 3.02. The first-order valence-electron chi connectivity index (χ1n) is 6.50. The van der Waals surface area contributed by atoms with Crippen LogP contribution in [0.15, 0.2) is 40.9 Å².